The number of benzene rings is 1. The number of nitrogens with one attached hydrogen (secondary N) is 1. The lowest BCUT2D eigenvalue weighted by Gasteiger charge is -2.28. The number of ether oxygens (including phenoxy) is 1. The zero-order valence-electron chi connectivity index (χ0n) is 15.4. The molecule has 4 rings (SSSR count). The standard InChI is InChI=1S/C20H24N4O3/c1-2-27-18-6-3-13(11-16(18)19(25)26)17-8-10-22-20(23-17)24-14-4-5-15(24)12-21-9-7-14/h3,6,8,10-11,14-15,21H,2,4-5,7,9,12H2,1H3,(H,25,26)/t14-,15+/m1/s1. The molecule has 2 aliphatic heterocycles. The molecule has 0 unspecified atom stereocenters. The molecule has 0 aliphatic carbocycles. The number of carbonyl (C=O) groups is 1. The Morgan fingerprint density at radius 3 is 2.96 bits per heavy atom. The monoisotopic (exact) mass is 368 g/mol. The number of aromatic carboxylic acids is 1. The molecule has 2 N–H and O–H groups in total. The van der Waals surface area contributed by atoms with Gasteiger partial charge in [-0.15, -0.1) is 0 Å². The van der Waals surface area contributed by atoms with Crippen molar-refractivity contribution in [3.05, 3.63) is 36.0 Å². The van der Waals surface area contributed by atoms with E-state index >= 15 is 0 Å². The Morgan fingerprint density at radius 2 is 2.15 bits per heavy atom. The van der Waals surface area contributed by atoms with E-state index in [4.69, 9.17) is 9.72 Å². The third-order valence-corrected chi connectivity index (χ3v) is 5.33. The second kappa shape index (κ2) is 7.52. The Hall–Kier alpha value is -2.67. The Bertz CT molecular complexity index is 828. The van der Waals surface area contributed by atoms with E-state index in [0.29, 0.717) is 24.4 Å². The molecule has 3 heterocycles. The van der Waals surface area contributed by atoms with Crippen LogP contribution in [-0.4, -0.2) is 52.8 Å². The first-order valence-electron chi connectivity index (χ1n) is 9.50. The molecule has 2 aromatic rings. The van der Waals surface area contributed by atoms with Crippen molar-refractivity contribution in [1.82, 2.24) is 15.3 Å². The van der Waals surface area contributed by atoms with Crippen molar-refractivity contribution in [2.24, 2.45) is 0 Å². The van der Waals surface area contributed by atoms with Gasteiger partial charge in [0.15, 0.2) is 0 Å². The maximum Gasteiger partial charge on any atom is 0.339 e. The van der Waals surface area contributed by atoms with E-state index in [-0.39, 0.29) is 5.56 Å². The predicted molar refractivity (Wildman–Crippen MR) is 102 cm³/mol. The molecule has 1 aromatic heterocycles. The van der Waals surface area contributed by atoms with Crippen LogP contribution in [0.3, 0.4) is 0 Å². The van der Waals surface area contributed by atoms with E-state index < -0.39 is 5.97 Å². The minimum Gasteiger partial charge on any atom is -0.493 e. The molecule has 7 nitrogen and oxygen atoms in total. The molecule has 2 atom stereocenters. The minimum atomic E-state index is -1.01. The second-order valence-electron chi connectivity index (χ2n) is 6.98. The SMILES string of the molecule is CCOc1ccc(-c2ccnc(N3[C@H]4CCNC[C@@H]3CC4)n2)cc1C(=O)O. The lowest BCUT2D eigenvalue weighted by Crippen LogP contribution is -2.39. The van der Waals surface area contributed by atoms with Crippen LogP contribution in [0.15, 0.2) is 30.5 Å². The average Bonchev–Trinajstić information content (AvgIpc) is 2.95. The summed E-state index contributed by atoms with van der Waals surface area (Å²) in [4.78, 5) is 23.2. The highest BCUT2D eigenvalue weighted by molar-refractivity contribution is 5.92. The molecular formula is C20H24N4O3. The fourth-order valence-corrected chi connectivity index (χ4v) is 4.08. The van der Waals surface area contributed by atoms with Crippen LogP contribution in [0.2, 0.25) is 0 Å². The van der Waals surface area contributed by atoms with E-state index in [1.807, 2.05) is 19.1 Å². The number of aromatic nitrogens is 2. The maximum absolute atomic E-state index is 11.6. The number of rotatable bonds is 5. The average molecular weight is 368 g/mol. The molecule has 2 aliphatic rings. The minimum absolute atomic E-state index is 0.147. The van der Waals surface area contributed by atoms with Gasteiger partial charge in [-0.2, -0.15) is 0 Å². The summed E-state index contributed by atoms with van der Waals surface area (Å²) in [6.45, 7) is 4.23. The Morgan fingerprint density at radius 1 is 1.30 bits per heavy atom. The molecule has 2 saturated heterocycles. The largest absolute Gasteiger partial charge is 0.493 e. The van der Waals surface area contributed by atoms with Crippen LogP contribution < -0.4 is 15.0 Å². The molecule has 1 aromatic carbocycles. The van der Waals surface area contributed by atoms with Gasteiger partial charge in [0.1, 0.15) is 11.3 Å². The number of carboxylic acids is 1. The first-order valence-corrected chi connectivity index (χ1v) is 9.50. The number of fused-ring (bicyclic) bond motifs is 2. The number of carboxylic acid groups (broad SMARTS) is 1. The fraction of sp³-hybridized carbons (Fsp3) is 0.450. The molecule has 27 heavy (non-hydrogen) atoms. The normalized spacial score (nSPS) is 21.7. The third kappa shape index (κ3) is 3.47. The number of anilines is 1. The highest BCUT2D eigenvalue weighted by Gasteiger charge is 2.36. The van der Waals surface area contributed by atoms with E-state index in [1.165, 1.54) is 6.42 Å². The van der Waals surface area contributed by atoms with Crippen molar-refractivity contribution in [3.8, 4) is 17.0 Å². The molecule has 142 valence electrons. The number of hydrogen-bond acceptors (Lipinski definition) is 6. The van der Waals surface area contributed by atoms with Crippen molar-refractivity contribution in [2.75, 3.05) is 24.6 Å². The van der Waals surface area contributed by atoms with Gasteiger partial charge in [-0.25, -0.2) is 14.8 Å². The van der Waals surface area contributed by atoms with Gasteiger partial charge in [0.2, 0.25) is 5.95 Å². The molecule has 0 spiro atoms. The van der Waals surface area contributed by atoms with Crippen LogP contribution in [0.5, 0.6) is 5.75 Å². The van der Waals surface area contributed by atoms with Crippen LogP contribution in [0.4, 0.5) is 5.95 Å². The Balaban J connectivity index is 1.69. The zero-order chi connectivity index (χ0) is 18.8. The van der Waals surface area contributed by atoms with Crippen molar-refractivity contribution >= 4 is 11.9 Å². The number of nitrogens with zero attached hydrogens (tertiary/aromatic N) is 3. The predicted octanol–water partition coefficient (Wildman–Crippen LogP) is 2.57. The highest BCUT2D eigenvalue weighted by atomic mass is 16.5. The smallest absolute Gasteiger partial charge is 0.339 e. The first-order chi connectivity index (χ1) is 13.2. The Kier molecular flexibility index (Phi) is 4.94. The van der Waals surface area contributed by atoms with Gasteiger partial charge in [-0.05, 0) is 57.0 Å². The van der Waals surface area contributed by atoms with Crippen LogP contribution >= 0.6 is 0 Å². The fourth-order valence-electron chi connectivity index (χ4n) is 4.08. The van der Waals surface area contributed by atoms with Crippen molar-refractivity contribution < 1.29 is 14.6 Å². The number of hydrogen-bond donors (Lipinski definition) is 2. The van der Waals surface area contributed by atoms with Gasteiger partial charge in [0.25, 0.3) is 0 Å². The summed E-state index contributed by atoms with van der Waals surface area (Å²) in [6, 6.07) is 7.88. The van der Waals surface area contributed by atoms with Gasteiger partial charge in [-0.3, -0.25) is 0 Å². The summed E-state index contributed by atoms with van der Waals surface area (Å²) in [5.41, 5.74) is 1.62. The van der Waals surface area contributed by atoms with E-state index in [2.05, 4.69) is 15.2 Å². The van der Waals surface area contributed by atoms with E-state index in [1.54, 1.807) is 18.3 Å². The van der Waals surface area contributed by atoms with Crippen LogP contribution in [0.25, 0.3) is 11.3 Å². The quantitative estimate of drug-likeness (QED) is 0.838. The Labute approximate surface area is 158 Å². The van der Waals surface area contributed by atoms with E-state index in [0.717, 1.165) is 43.1 Å². The molecule has 0 saturated carbocycles. The second-order valence-corrected chi connectivity index (χ2v) is 6.98. The summed E-state index contributed by atoms with van der Waals surface area (Å²) in [5, 5.41) is 13.0. The van der Waals surface area contributed by atoms with Gasteiger partial charge in [-0.1, -0.05) is 0 Å². The molecule has 0 radical (unpaired) electrons. The summed E-state index contributed by atoms with van der Waals surface area (Å²) in [7, 11) is 0. The molecule has 7 heteroatoms. The summed E-state index contributed by atoms with van der Waals surface area (Å²) < 4.78 is 5.43. The molecule has 0 amide bonds. The van der Waals surface area contributed by atoms with Crippen LogP contribution in [-0.2, 0) is 0 Å². The maximum atomic E-state index is 11.6. The molecule has 2 fully saturated rings. The van der Waals surface area contributed by atoms with Crippen molar-refractivity contribution in [3.63, 3.8) is 0 Å². The van der Waals surface area contributed by atoms with Crippen molar-refractivity contribution in [2.45, 2.75) is 38.3 Å². The van der Waals surface area contributed by atoms with Gasteiger partial charge >= 0.3 is 5.97 Å². The molecule has 2 bridgehead atoms. The van der Waals surface area contributed by atoms with E-state index in [9.17, 15) is 9.90 Å². The van der Waals surface area contributed by atoms with Gasteiger partial charge in [0.05, 0.1) is 12.3 Å². The van der Waals surface area contributed by atoms with Crippen molar-refractivity contribution in [1.29, 1.82) is 0 Å². The first kappa shape index (κ1) is 17.7. The topological polar surface area (TPSA) is 87.6 Å². The highest BCUT2D eigenvalue weighted by Crippen LogP contribution is 2.32. The lowest BCUT2D eigenvalue weighted by molar-refractivity contribution is 0.0692. The van der Waals surface area contributed by atoms with Gasteiger partial charge in [0, 0.05) is 30.4 Å². The van der Waals surface area contributed by atoms with Crippen LogP contribution in [0.1, 0.15) is 36.5 Å². The third-order valence-electron chi connectivity index (χ3n) is 5.33. The van der Waals surface area contributed by atoms with Crippen LogP contribution in [0, 0.1) is 0 Å². The zero-order valence-corrected chi connectivity index (χ0v) is 15.4. The summed E-state index contributed by atoms with van der Waals surface area (Å²) >= 11 is 0. The lowest BCUT2D eigenvalue weighted by atomic mass is 10.1. The van der Waals surface area contributed by atoms with Gasteiger partial charge < -0.3 is 20.1 Å². The molecular weight excluding hydrogens is 344 g/mol. The summed E-state index contributed by atoms with van der Waals surface area (Å²) in [6.07, 6.45) is 5.17. The summed E-state index contributed by atoms with van der Waals surface area (Å²) in [5.74, 6) is 0.0975.